The van der Waals surface area contributed by atoms with Gasteiger partial charge in [0.1, 0.15) is 6.29 Å². The molecule has 0 aromatic rings. The van der Waals surface area contributed by atoms with Gasteiger partial charge in [0.25, 0.3) is 0 Å². The van der Waals surface area contributed by atoms with E-state index in [0.29, 0.717) is 0 Å². The lowest BCUT2D eigenvalue weighted by Crippen LogP contribution is -2.54. The van der Waals surface area contributed by atoms with Crippen LogP contribution in [0, 0.1) is 0 Å². The van der Waals surface area contributed by atoms with Crippen LogP contribution in [0.4, 0.5) is 13.2 Å². The van der Waals surface area contributed by atoms with Gasteiger partial charge in [0.15, 0.2) is 5.54 Å². The van der Waals surface area contributed by atoms with Gasteiger partial charge < -0.3 is 10.5 Å². The molecular weight excluding hydrogens is 159 g/mol. The summed E-state index contributed by atoms with van der Waals surface area (Å²) in [4.78, 5) is 10.0. The lowest BCUT2D eigenvalue weighted by Gasteiger charge is -2.24. The van der Waals surface area contributed by atoms with E-state index in [2.05, 4.69) is 0 Å². The molecule has 1 unspecified atom stereocenters. The predicted molar refractivity (Wildman–Crippen MR) is 33.9 cm³/mol. The van der Waals surface area contributed by atoms with Crippen molar-refractivity contribution in [1.82, 2.24) is 0 Å². The van der Waals surface area contributed by atoms with Gasteiger partial charge in [-0.3, -0.25) is 0 Å². The number of carbonyl (C=O) groups is 1. The lowest BCUT2D eigenvalue weighted by molar-refractivity contribution is -0.185. The van der Waals surface area contributed by atoms with Gasteiger partial charge in [-0.1, -0.05) is 13.3 Å². The topological polar surface area (TPSA) is 43.1 Å². The molecule has 0 aliphatic heterocycles. The third-order valence-corrected chi connectivity index (χ3v) is 1.40. The molecule has 0 aromatic carbocycles. The molecule has 5 heteroatoms. The van der Waals surface area contributed by atoms with Gasteiger partial charge >= 0.3 is 6.18 Å². The van der Waals surface area contributed by atoms with Crippen LogP contribution in [0.1, 0.15) is 19.8 Å². The Balaban J connectivity index is 4.46. The van der Waals surface area contributed by atoms with E-state index >= 15 is 0 Å². The molecule has 0 spiro atoms. The van der Waals surface area contributed by atoms with Crippen molar-refractivity contribution in [2.45, 2.75) is 31.5 Å². The summed E-state index contributed by atoms with van der Waals surface area (Å²) in [5.41, 5.74) is 2.14. The van der Waals surface area contributed by atoms with Gasteiger partial charge in [-0.15, -0.1) is 0 Å². The van der Waals surface area contributed by atoms with E-state index < -0.39 is 11.7 Å². The standard InChI is InChI=1S/C6H10F3NO/c1-2-3-5(10,4-11)6(7,8)9/h4H,2-3,10H2,1H3. The molecule has 0 heterocycles. The SMILES string of the molecule is CCCC(N)(C=O)C(F)(F)F. The first-order chi connectivity index (χ1) is 4.87. The number of carbonyl (C=O) groups excluding carboxylic acids is 1. The average molecular weight is 169 g/mol. The molecule has 0 radical (unpaired) electrons. The van der Waals surface area contributed by atoms with Gasteiger partial charge in [-0.05, 0) is 6.42 Å². The minimum atomic E-state index is -4.63. The molecule has 66 valence electrons. The van der Waals surface area contributed by atoms with E-state index in [-0.39, 0.29) is 19.1 Å². The normalized spacial score (nSPS) is 17.5. The van der Waals surface area contributed by atoms with E-state index in [1.807, 2.05) is 0 Å². The largest absolute Gasteiger partial charge is 0.413 e. The van der Waals surface area contributed by atoms with E-state index in [1.54, 1.807) is 0 Å². The highest BCUT2D eigenvalue weighted by Gasteiger charge is 2.51. The molecule has 0 amide bonds. The Kier molecular flexibility index (Phi) is 3.04. The fourth-order valence-corrected chi connectivity index (χ4v) is 0.681. The summed E-state index contributed by atoms with van der Waals surface area (Å²) in [5.74, 6) is 0. The molecule has 2 N–H and O–H groups in total. The van der Waals surface area contributed by atoms with Crippen molar-refractivity contribution in [1.29, 1.82) is 0 Å². The van der Waals surface area contributed by atoms with Crippen LogP contribution in [0.15, 0.2) is 0 Å². The number of hydrogen-bond acceptors (Lipinski definition) is 2. The maximum atomic E-state index is 11.9. The fourth-order valence-electron chi connectivity index (χ4n) is 0.681. The van der Waals surface area contributed by atoms with Crippen molar-refractivity contribution in [2.24, 2.45) is 5.73 Å². The van der Waals surface area contributed by atoms with Gasteiger partial charge in [-0.2, -0.15) is 13.2 Å². The van der Waals surface area contributed by atoms with Crippen molar-refractivity contribution in [2.75, 3.05) is 0 Å². The molecule has 0 saturated heterocycles. The Labute approximate surface area is 62.6 Å². The van der Waals surface area contributed by atoms with E-state index in [9.17, 15) is 18.0 Å². The highest BCUT2D eigenvalue weighted by atomic mass is 19.4. The van der Waals surface area contributed by atoms with Crippen LogP contribution in [-0.2, 0) is 4.79 Å². The molecule has 0 fully saturated rings. The number of hydrogen-bond donors (Lipinski definition) is 1. The lowest BCUT2D eigenvalue weighted by atomic mass is 9.96. The van der Waals surface area contributed by atoms with Crippen molar-refractivity contribution in [3.05, 3.63) is 0 Å². The van der Waals surface area contributed by atoms with Crippen LogP contribution in [0.3, 0.4) is 0 Å². The quantitative estimate of drug-likeness (QED) is 0.646. The van der Waals surface area contributed by atoms with Crippen LogP contribution in [0.25, 0.3) is 0 Å². The molecule has 0 aromatic heterocycles. The summed E-state index contributed by atoms with van der Waals surface area (Å²) < 4.78 is 35.8. The maximum Gasteiger partial charge on any atom is 0.413 e. The Hall–Kier alpha value is -0.580. The second-order valence-electron chi connectivity index (χ2n) is 2.41. The molecule has 1 atom stereocenters. The first-order valence-electron chi connectivity index (χ1n) is 3.19. The van der Waals surface area contributed by atoms with Crippen LogP contribution >= 0.6 is 0 Å². The Morgan fingerprint density at radius 2 is 1.91 bits per heavy atom. The molecule has 2 nitrogen and oxygen atoms in total. The van der Waals surface area contributed by atoms with Gasteiger partial charge in [0.05, 0.1) is 0 Å². The zero-order valence-electron chi connectivity index (χ0n) is 6.11. The number of aldehydes is 1. The van der Waals surface area contributed by atoms with Gasteiger partial charge in [-0.25, -0.2) is 0 Å². The summed E-state index contributed by atoms with van der Waals surface area (Å²) in [5, 5.41) is 0. The highest BCUT2D eigenvalue weighted by molar-refractivity contribution is 5.65. The van der Waals surface area contributed by atoms with Crippen molar-refractivity contribution >= 4 is 6.29 Å². The first-order valence-corrected chi connectivity index (χ1v) is 3.19. The van der Waals surface area contributed by atoms with Crippen molar-refractivity contribution in [3.63, 3.8) is 0 Å². The third-order valence-electron chi connectivity index (χ3n) is 1.40. The first kappa shape index (κ1) is 10.4. The van der Waals surface area contributed by atoms with Crippen LogP contribution in [0.5, 0.6) is 0 Å². The molecule has 0 rings (SSSR count). The number of nitrogens with two attached hydrogens (primary N) is 1. The van der Waals surface area contributed by atoms with Crippen LogP contribution in [-0.4, -0.2) is 18.0 Å². The van der Waals surface area contributed by atoms with Crippen molar-refractivity contribution < 1.29 is 18.0 Å². The van der Waals surface area contributed by atoms with Gasteiger partial charge in [0, 0.05) is 0 Å². The Morgan fingerprint density at radius 3 is 2.00 bits per heavy atom. The van der Waals surface area contributed by atoms with E-state index in [1.165, 1.54) is 6.92 Å². The smallest absolute Gasteiger partial charge is 0.312 e. The summed E-state index contributed by atoms with van der Waals surface area (Å²) in [6.07, 6.45) is -5.00. The molecular formula is C6H10F3NO. The molecule has 0 aliphatic rings. The minimum Gasteiger partial charge on any atom is -0.312 e. The van der Waals surface area contributed by atoms with Crippen LogP contribution in [0.2, 0.25) is 0 Å². The summed E-state index contributed by atoms with van der Waals surface area (Å²) in [7, 11) is 0. The predicted octanol–water partition coefficient (Wildman–Crippen LogP) is 1.25. The Bertz CT molecular complexity index is 145. The number of rotatable bonds is 3. The molecule has 0 bridgehead atoms. The summed E-state index contributed by atoms with van der Waals surface area (Å²) in [6.45, 7) is 1.54. The molecule has 0 saturated carbocycles. The average Bonchev–Trinajstić information content (AvgIpc) is 1.86. The summed E-state index contributed by atoms with van der Waals surface area (Å²) >= 11 is 0. The minimum absolute atomic E-state index is 0.231. The van der Waals surface area contributed by atoms with Gasteiger partial charge in [0.2, 0.25) is 0 Å². The highest BCUT2D eigenvalue weighted by Crippen LogP contribution is 2.29. The number of halogens is 3. The monoisotopic (exact) mass is 169 g/mol. The second-order valence-corrected chi connectivity index (χ2v) is 2.41. The van der Waals surface area contributed by atoms with E-state index in [0.717, 1.165) is 0 Å². The van der Waals surface area contributed by atoms with Crippen molar-refractivity contribution in [3.8, 4) is 0 Å². The zero-order chi connectivity index (χ0) is 9.12. The third kappa shape index (κ3) is 2.18. The van der Waals surface area contributed by atoms with Crippen LogP contribution < -0.4 is 5.73 Å². The maximum absolute atomic E-state index is 11.9. The van der Waals surface area contributed by atoms with E-state index in [4.69, 9.17) is 5.73 Å². The second kappa shape index (κ2) is 3.21. The Morgan fingerprint density at radius 1 is 1.45 bits per heavy atom. The number of alkyl halides is 3. The molecule has 0 aliphatic carbocycles. The molecule has 11 heavy (non-hydrogen) atoms. The summed E-state index contributed by atoms with van der Waals surface area (Å²) in [6, 6.07) is 0. The zero-order valence-corrected chi connectivity index (χ0v) is 6.11. The fraction of sp³-hybridized carbons (Fsp3) is 0.833.